The summed E-state index contributed by atoms with van der Waals surface area (Å²) in [6.07, 6.45) is 2.72. The third kappa shape index (κ3) is 2.61. The van der Waals surface area contributed by atoms with Crippen molar-refractivity contribution in [1.29, 1.82) is 0 Å². The predicted molar refractivity (Wildman–Crippen MR) is 83.4 cm³/mol. The second-order valence-electron chi connectivity index (χ2n) is 6.35. The van der Waals surface area contributed by atoms with Crippen LogP contribution in [0.4, 0.5) is 0 Å². The molecule has 9 nitrogen and oxygen atoms in total. The van der Waals surface area contributed by atoms with Crippen molar-refractivity contribution in [3.8, 4) is 5.88 Å². The van der Waals surface area contributed by atoms with Crippen LogP contribution in [0.5, 0.6) is 5.88 Å². The third-order valence-electron chi connectivity index (χ3n) is 3.80. The molecule has 24 heavy (non-hydrogen) atoms. The molecular formula is C15H18N4O5. The largest absolute Gasteiger partial charge is 0.492 e. The highest BCUT2D eigenvalue weighted by Gasteiger charge is 2.30. The van der Waals surface area contributed by atoms with Crippen molar-refractivity contribution in [2.24, 2.45) is 5.92 Å². The number of carbonyl (C=O) groups excluding carboxylic acids is 1. The zero-order valence-corrected chi connectivity index (χ0v) is 13.3. The van der Waals surface area contributed by atoms with Crippen molar-refractivity contribution >= 4 is 17.5 Å². The molecule has 2 aromatic rings. The van der Waals surface area contributed by atoms with Crippen LogP contribution in [0.3, 0.4) is 0 Å². The van der Waals surface area contributed by atoms with Gasteiger partial charge in [-0.3, -0.25) is 14.2 Å². The van der Waals surface area contributed by atoms with Gasteiger partial charge in [0.2, 0.25) is 5.88 Å². The number of carbonyl (C=O) groups is 2. The normalized spacial score (nSPS) is 14.3. The number of rotatable bonds is 5. The Labute approximate surface area is 136 Å². The van der Waals surface area contributed by atoms with Crippen LogP contribution >= 0.6 is 0 Å². The van der Waals surface area contributed by atoms with Crippen LogP contribution in [-0.4, -0.2) is 42.3 Å². The van der Waals surface area contributed by atoms with E-state index in [1.165, 1.54) is 4.57 Å². The van der Waals surface area contributed by atoms with Gasteiger partial charge >= 0.3 is 5.97 Å². The summed E-state index contributed by atoms with van der Waals surface area (Å²) in [4.78, 5) is 36.5. The van der Waals surface area contributed by atoms with Gasteiger partial charge in [0, 0.05) is 12.6 Å². The molecule has 0 aliphatic heterocycles. The summed E-state index contributed by atoms with van der Waals surface area (Å²) in [5.41, 5.74) is -1.40. The monoisotopic (exact) mass is 334 g/mol. The fraction of sp³-hybridized carbons (Fsp3) is 0.467. The lowest BCUT2D eigenvalue weighted by Gasteiger charge is -2.15. The summed E-state index contributed by atoms with van der Waals surface area (Å²) in [7, 11) is 0. The minimum atomic E-state index is -1.27. The van der Waals surface area contributed by atoms with Crippen LogP contribution in [0.25, 0.3) is 5.65 Å². The van der Waals surface area contributed by atoms with Crippen molar-refractivity contribution in [2.75, 3.05) is 0 Å². The topological polar surface area (TPSA) is 126 Å². The van der Waals surface area contributed by atoms with E-state index in [1.54, 1.807) is 0 Å². The first kappa shape index (κ1) is 16.0. The van der Waals surface area contributed by atoms with E-state index in [1.807, 2.05) is 13.8 Å². The minimum absolute atomic E-state index is 0.0118. The number of amides is 1. The summed E-state index contributed by atoms with van der Waals surface area (Å²) in [5, 5.41) is 26.1. The maximum atomic E-state index is 12.8. The fourth-order valence-corrected chi connectivity index (χ4v) is 2.56. The standard InChI is InChI=1S/C15H18N4O5/c1-7(2)6-18-12-9(15(23)24)5-16-19(12)14(22)10(13(18)21)11(20)17-8-3-4-8/h5,7-8,22H,3-4,6H2,1-2H3,(H,17,20)(H,23,24). The molecule has 1 aliphatic carbocycles. The molecule has 0 bridgehead atoms. The predicted octanol–water partition coefficient (Wildman–Crippen LogP) is 0.448. The number of nitrogens with one attached hydrogen (secondary N) is 1. The van der Waals surface area contributed by atoms with Crippen molar-refractivity contribution in [3.05, 3.63) is 27.7 Å². The van der Waals surface area contributed by atoms with Gasteiger partial charge in [0.25, 0.3) is 11.5 Å². The van der Waals surface area contributed by atoms with Gasteiger partial charge in [-0.05, 0) is 18.8 Å². The van der Waals surface area contributed by atoms with E-state index in [-0.39, 0.29) is 29.7 Å². The van der Waals surface area contributed by atoms with Gasteiger partial charge in [0.05, 0.1) is 6.20 Å². The first-order valence-corrected chi connectivity index (χ1v) is 7.69. The maximum Gasteiger partial charge on any atom is 0.341 e. The van der Waals surface area contributed by atoms with Crippen LogP contribution in [0.15, 0.2) is 11.0 Å². The molecule has 1 saturated carbocycles. The molecule has 128 valence electrons. The Morgan fingerprint density at radius 3 is 2.62 bits per heavy atom. The van der Waals surface area contributed by atoms with Crippen LogP contribution in [0.1, 0.15) is 47.4 Å². The summed E-state index contributed by atoms with van der Waals surface area (Å²) in [5.74, 6) is -2.57. The second-order valence-corrected chi connectivity index (χ2v) is 6.35. The van der Waals surface area contributed by atoms with Gasteiger partial charge in [0.1, 0.15) is 5.56 Å². The van der Waals surface area contributed by atoms with E-state index in [9.17, 15) is 24.6 Å². The van der Waals surface area contributed by atoms with Crippen molar-refractivity contribution in [1.82, 2.24) is 19.5 Å². The maximum absolute atomic E-state index is 12.8. The molecular weight excluding hydrogens is 316 g/mol. The minimum Gasteiger partial charge on any atom is -0.492 e. The Kier molecular flexibility index (Phi) is 3.78. The van der Waals surface area contributed by atoms with Crippen molar-refractivity contribution in [3.63, 3.8) is 0 Å². The molecule has 0 spiro atoms. The van der Waals surface area contributed by atoms with E-state index in [2.05, 4.69) is 10.4 Å². The molecule has 0 saturated heterocycles. The Morgan fingerprint density at radius 1 is 1.42 bits per heavy atom. The Hall–Kier alpha value is -2.84. The molecule has 1 aliphatic rings. The van der Waals surface area contributed by atoms with E-state index in [0.717, 1.165) is 23.6 Å². The lowest BCUT2D eigenvalue weighted by atomic mass is 10.2. The number of fused-ring (bicyclic) bond motifs is 1. The number of aromatic nitrogens is 3. The number of nitrogens with zero attached hydrogens (tertiary/aromatic N) is 3. The SMILES string of the molecule is CC(C)Cn1c(=O)c(C(=O)NC2CC2)c(O)n2ncc(C(=O)O)c12. The Balaban J connectivity index is 2.28. The molecule has 0 radical (unpaired) electrons. The highest BCUT2D eigenvalue weighted by Crippen LogP contribution is 2.23. The van der Waals surface area contributed by atoms with Crippen LogP contribution in [0, 0.1) is 5.92 Å². The number of hydrogen-bond acceptors (Lipinski definition) is 5. The van der Waals surface area contributed by atoms with Gasteiger partial charge in [0.15, 0.2) is 11.2 Å². The molecule has 1 amide bonds. The zero-order valence-electron chi connectivity index (χ0n) is 13.3. The quantitative estimate of drug-likeness (QED) is 0.729. The molecule has 0 aromatic carbocycles. The van der Waals surface area contributed by atoms with E-state index in [0.29, 0.717) is 0 Å². The Bertz CT molecular complexity index is 891. The lowest BCUT2D eigenvalue weighted by Crippen LogP contribution is -2.36. The number of aromatic carboxylic acids is 1. The molecule has 0 unspecified atom stereocenters. The molecule has 9 heteroatoms. The summed E-state index contributed by atoms with van der Waals surface area (Å²) < 4.78 is 2.11. The van der Waals surface area contributed by atoms with Crippen molar-refractivity contribution < 1.29 is 19.8 Å². The summed E-state index contributed by atoms with van der Waals surface area (Å²) in [6, 6.07) is 0.0118. The number of aromatic hydroxyl groups is 1. The summed E-state index contributed by atoms with van der Waals surface area (Å²) >= 11 is 0. The molecule has 2 aromatic heterocycles. The highest BCUT2D eigenvalue weighted by atomic mass is 16.4. The number of carboxylic acids is 1. The van der Waals surface area contributed by atoms with Crippen LogP contribution in [0.2, 0.25) is 0 Å². The molecule has 3 N–H and O–H groups in total. The van der Waals surface area contributed by atoms with E-state index >= 15 is 0 Å². The smallest absolute Gasteiger partial charge is 0.341 e. The van der Waals surface area contributed by atoms with Gasteiger partial charge in [-0.2, -0.15) is 9.61 Å². The molecule has 3 rings (SSSR count). The zero-order chi connectivity index (χ0) is 17.6. The molecule has 2 heterocycles. The third-order valence-corrected chi connectivity index (χ3v) is 3.80. The Morgan fingerprint density at radius 2 is 2.08 bits per heavy atom. The van der Waals surface area contributed by atoms with Crippen LogP contribution < -0.4 is 10.9 Å². The van der Waals surface area contributed by atoms with Gasteiger partial charge < -0.3 is 15.5 Å². The highest BCUT2D eigenvalue weighted by molar-refractivity contribution is 5.98. The molecule has 0 atom stereocenters. The van der Waals surface area contributed by atoms with Gasteiger partial charge in [-0.1, -0.05) is 13.8 Å². The lowest BCUT2D eigenvalue weighted by molar-refractivity contribution is 0.0698. The average Bonchev–Trinajstić information content (AvgIpc) is 3.17. The van der Waals surface area contributed by atoms with Gasteiger partial charge in [-0.25, -0.2) is 4.79 Å². The second kappa shape index (κ2) is 5.66. The summed E-state index contributed by atoms with van der Waals surface area (Å²) in [6.45, 7) is 3.91. The first-order chi connectivity index (χ1) is 11.3. The van der Waals surface area contributed by atoms with Crippen LogP contribution in [-0.2, 0) is 6.54 Å². The number of carboxylic acid groups (broad SMARTS) is 1. The van der Waals surface area contributed by atoms with Gasteiger partial charge in [-0.15, -0.1) is 0 Å². The average molecular weight is 334 g/mol. The fourth-order valence-electron chi connectivity index (χ4n) is 2.56. The van der Waals surface area contributed by atoms with E-state index in [4.69, 9.17) is 0 Å². The number of hydrogen-bond donors (Lipinski definition) is 3. The first-order valence-electron chi connectivity index (χ1n) is 7.69. The van der Waals surface area contributed by atoms with Crippen molar-refractivity contribution in [2.45, 2.75) is 39.3 Å². The van der Waals surface area contributed by atoms with E-state index < -0.39 is 28.9 Å². The molecule has 1 fully saturated rings.